The molecule has 0 unspecified atom stereocenters. The summed E-state index contributed by atoms with van der Waals surface area (Å²) >= 11 is 0. The van der Waals surface area contributed by atoms with Crippen LogP contribution in [0.1, 0.15) is 28.8 Å². The molecule has 144 valence electrons. The van der Waals surface area contributed by atoms with Crippen molar-refractivity contribution in [3.63, 3.8) is 0 Å². The summed E-state index contributed by atoms with van der Waals surface area (Å²) in [6.07, 6.45) is 1.76. The van der Waals surface area contributed by atoms with Crippen molar-refractivity contribution in [3.05, 3.63) is 59.7 Å². The standard InChI is InChI=1S/C20H24N2O4S/c1-15-4-3-5-18(14-15)26-13-12-22(2)20(23)16-6-10-19(11-7-16)27(24,25)21-17-8-9-17/h3-7,10-11,14,17,21H,8-9,12-13H2,1-2H3. The average Bonchev–Trinajstić information content (AvgIpc) is 3.44. The van der Waals surface area contributed by atoms with Gasteiger partial charge >= 0.3 is 0 Å². The smallest absolute Gasteiger partial charge is 0.253 e. The summed E-state index contributed by atoms with van der Waals surface area (Å²) in [6, 6.07) is 13.8. The Balaban J connectivity index is 1.54. The van der Waals surface area contributed by atoms with Crippen LogP contribution in [0.25, 0.3) is 0 Å². The highest BCUT2D eigenvalue weighted by Crippen LogP contribution is 2.22. The van der Waals surface area contributed by atoms with Crippen molar-refractivity contribution in [3.8, 4) is 5.75 Å². The first-order valence-electron chi connectivity index (χ1n) is 8.92. The van der Waals surface area contributed by atoms with Gasteiger partial charge in [0, 0.05) is 18.7 Å². The van der Waals surface area contributed by atoms with Gasteiger partial charge in [0.2, 0.25) is 10.0 Å². The molecule has 3 rings (SSSR count). The fraction of sp³-hybridized carbons (Fsp3) is 0.350. The molecule has 0 radical (unpaired) electrons. The fourth-order valence-electron chi connectivity index (χ4n) is 2.59. The summed E-state index contributed by atoms with van der Waals surface area (Å²) in [4.78, 5) is 14.2. The molecule has 27 heavy (non-hydrogen) atoms. The quantitative estimate of drug-likeness (QED) is 0.754. The first kappa shape index (κ1) is 19.4. The van der Waals surface area contributed by atoms with Gasteiger partial charge in [0.25, 0.3) is 5.91 Å². The molecule has 1 aliphatic carbocycles. The Bertz CT molecular complexity index is 906. The Kier molecular flexibility index (Phi) is 5.82. The highest BCUT2D eigenvalue weighted by molar-refractivity contribution is 7.89. The third-order valence-electron chi connectivity index (χ3n) is 4.34. The maximum absolute atomic E-state index is 12.5. The second-order valence-electron chi connectivity index (χ2n) is 6.81. The monoisotopic (exact) mass is 388 g/mol. The predicted molar refractivity (Wildman–Crippen MR) is 103 cm³/mol. The van der Waals surface area contributed by atoms with Gasteiger partial charge in [-0.05, 0) is 61.7 Å². The Morgan fingerprint density at radius 1 is 1.19 bits per heavy atom. The molecule has 1 aliphatic rings. The molecule has 6 nitrogen and oxygen atoms in total. The summed E-state index contributed by atoms with van der Waals surface area (Å²) < 4.78 is 32.6. The van der Waals surface area contributed by atoms with E-state index in [1.165, 1.54) is 12.1 Å². The second kappa shape index (κ2) is 8.10. The largest absolute Gasteiger partial charge is 0.492 e. The minimum absolute atomic E-state index is 0.0517. The van der Waals surface area contributed by atoms with Gasteiger partial charge in [0.1, 0.15) is 12.4 Å². The molecule has 2 aromatic rings. The SMILES string of the molecule is Cc1cccc(OCCN(C)C(=O)c2ccc(S(=O)(=O)NC3CC3)cc2)c1. The van der Waals surface area contributed by atoms with Gasteiger partial charge in [-0.2, -0.15) is 0 Å². The van der Waals surface area contributed by atoms with Crippen LogP contribution in [-0.2, 0) is 10.0 Å². The van der Waals surface area contributed by atoms with Gasteiger partial charge < -0.3 is 9.64 Å². The lowest BCUT2D eigenvalue weighted by molar-refractivity contribution is 0.0773. The molecule has 0 aliphatic heterocycles. The molecular weight excluding hydrogens is 364 g/mol. The van der Waals surface area contributed by atoms with Crippen LogP contribution in [0.4, 0.5) is 0 Å². The van der Waals surface area contributed by atoms with Crippen molar-refractivity contribution in [1.82, 2.24) is 9.62 Å². The third kappa shape index (κ3) is 5.30. The van der Waals surface area contributed by atoms with Crippen molar-refractivity contribution >= 4 is 15.9 Å². The minimum atomic E-state index is -3.50. The summed E-state index contributed by atoms with van der Waals surface area (Å²) in [5.41, 5.74) is 1.56. The highest BCUT2D eigenvalue weighted by Gasteiger charge is 2.28. The van der Waals surface area contributed by atoms with Crippen molar-refractivity contribution in [2.75, 3.05) is 20.2 Å². The first-order valence-corrected chi connectivity index (χ1v) is 10.4. The number of nitrogens with zero attached hydrogens (tertiary/aromatic N) is 1. The van der Waals surface area contributed by atoms with E-state index in [1.807, 2.05) is 31.2 Å². The summed E-state index contributed by atoms with van der Waals surface area (Å²) in [5.74, 6) is 0.593. The van der Waals surface area contributed by atoms with Crippen LogP contribution in [0.3, 0.4) is 0 Å². The van der Waals surface area contributed by atoms with Crippen LogP contribution in [0, 0.1) is 6.92 Å². The van der Waals surface area contributed by atoms with Gasteiger partial charge in [0.05, 0.1) is 11.4 Å². The molecule has 0 bridgehead atoms. The lowest BCUT2D eigenvalue weighted by Gasteiger charge is -2.18. The third-order valence-corrected chi connectivity index (χ3v) is 5.88. The van der Waals surface area contributed by atoms with Crippen LogP contribution in [0.15, 0.2) is 53.4 Å². The van der Waals surface area contributed by atoms with E-state index in [2.05, 4.69) is 4.72 Å². The maximum Gasteiger partial charge on any atom is 0.253 e. The van der Waals surface area contributed by atoms with Crippen LogP contribution in [0.5, 0.6) is 5.75 Å². The number of amides is 1. The average molecular weight is 388 g/mol. The van der Waals surface area contributed by atoms with Crippen LogP contribution >= 0.6 is 0 Å². The van der Waals surface area contributed by atoms with E-state index in [-0.39, 0.29) is 16.8 Å². The molecule has 1 fully saturated rings. The Labute approximate surface area is 160 Å². The van der Waals surface area contributed by atoms with Crippen molar-refractivity contribution in [2.45, 2.75) is 30.7 Å². The number of carbonyl (C=O) groups excluding carboxylic acids is 1. The van der Waals surface area contributed by atoms with Gasteiger partial charge in [-0.1, -0.05) is 12.1 Å². The van der Waals surface area contributed by atoms with E-state index in [0.29, 0.717) is 18.7 Å². The number of sulfonamides is 1. The molecule has 1 amide bonds. The number of carbonyl (C=O) groups is 1. The molecule has 2 aromatic carbocycles. The summed E-state index contributed by atoms with van der Waals surface area (Å²) in [5, 5.41) is 0. The lowest BCUT2D eigenvalue weighted by Crippen LogP contribution is -2.31. The number of ether oxygens (including phenoxy) is 1. The van der Waals surface area contributed by atoms with E-state index in [0.717, 1.165) is 24.2 Å². The normalized spacial score (nSPS) is 14.0. The zero-order valence-electron chi connectivity index (χ0n) is 15.5. The topological polar surface area (TPSA) is 75.7 Å². The van der Waals surface area contributed by atoms with Crippen molar-refractivity contribution in [1.29, 1.82) is 0 Å². The Morgan fingerprint density at radius 2 is 1.89 bits per heavy atom. The number of aryl methyl sites for hydroxylation is 1. The van der Waals surface area contributed by atoms with E-state index in [4.69, 9.17) is 4.74 Å². The predicted octanol–water partition coefficient (Wildman–Crippen LogP) is 2.59. The van der Waals surface area contributed by atoms with Crippen LogP contribution < -0.4 is 9.46 Å². The Morgan fingerprint density at radius 3 is 2.52 bits per heavy atom. The van der Waals surface area contributed by atoms with Crippen molar-refractivity contribution < 1.29 is 17.9 Å². The number of benzene rings is 2. The summed E-state index contributed by atoms with van der Waals surface area (Å²) in [7, 11) is -1.81. The summed E-state index contributed by atoms with van der Waals surface area (Å²) in [6.45, 7) is 2.80. The van der Waals surface area contributed by atoms with Crippen LogP contribution in [0.2, 0.25) is 0 Å². The number of hydrogen-bond donors (Lipinski definition) is 1. The van der Waals surface area contributed by atoms with Crippen LogP contribution in [-0.4, -0.2) is 45.5 Å². The molecule has 0 aromatic heterocycles. The van der Waals surface area contributed by atoms with E-state index in [9.17, 15) is 13.2 Å². The molecular formula is C20H24N2O4S. The molecule has 0 spiro atoms. The molecule has 7 heteroatoms. The van der Waals surface area contributed by atoms with E-state index < -0.39 is 10.0 Å². The van der Waals surface area contributed by atoms with Gasteiger partial charge in [-0.3, -0.25) is 4.79 Å². The molecule has 0 atom stereocenters. The number of rotatable bonds is 8. The molecule has 1 N–H and O–H groups in total. The minimum Gasteiger partial charge on any atom is -0.492 e. The number of hydrogen-bond acceptors (Lipinski definition) is 4. The molecule has 1 saturated carbocycles. The van der Waals surface area contributed by atoms with Gasteiger partial charge in [-0.15, -0.1) is 0 Å². The Hall–Kier alpha value is -2.38. The highest BCUT2D eigenvalue weighted by atomic mass is 32.2. The van der Waals surface area contributed by atoms with E-state index in [1.54, 1.807) is 24.1 Å². The van der Waals surface area contributed by atoms with E-state index >= 15 is 0 Å². The molecule has 0 heterocycles. The fourth-order valence-corrected chi connectivity index (χ4v) is 3.90. The zero-order valence-corrected chi connectivity index (χ0v) is 16.3. The van der Waals surface area contributed by atoms with Gasteiger partial charge in [-0.25, -0.2) is 13.1 Å². The maximum atomic E-state index is 12.5. The van der Waals surface area contributed by atoms with Crippen molar-refractivity contribution in [2.24, 2.45) is 0 Å². The zero-order chi connectivity index (χ0) is 19.4. The first-order chi connectivity index (χ1) is 12.8. The van der Waals surface area contributed by atoms with Gasteiger partial charge in [0.15, 0.2) is 0 Å². The number of likely N-dealkylation sites (N-methyl/N-ethyl adjacent to an activating group) is 1. The molecule has 0 saturated heterocycles. The lowest BCUT2D eigenvalue weighted by atomic mass is 10.2. The number of nitrogens with one attached hydrogen (secondary N) is 1. The second-order valence-corrected chi connectivity index (χ2v) is 8.53.